The Bertz CT molecular complexity index is 574. The summed E-state index contributed by atoms with van der Waals surface area (Å²) in [5.41, 5.74) is 5.81. The van der Waals surface area contributed by atoms with Gasteiger partial charge in [-0.25, -0.2) is 0 Å². The molecule has 23 heavy (non-hydrogen) atoms. The lowest BCUT2D eigenvalue weighted by atomic mass is 10.1. The van der Waals surface area contributed by atoms with Gasteiger partial charge in [0.25, 0.3) is 0 Å². The van der Waals surface area contributed by atoms with Gasteiger partial charge in [-0.2, -0.15) is 0 Å². The number of aliphatic carboxylic acids is 1. The quantitative estimate of drug-likeness (QED) is 0.471. The summed E-state index contributed by atoms with van der Waals surface area (Å²) in [4.78, 5) is 45.2. The fourth-order valence-electron chi connectivity index (χ4n) is 1.87. The Kier molecular flexibility index (Phi) is 7.25. The number of hydrogen-bond acceptors (Lipinski definition) is 4. The lowest BCUT2D eigenvalue weighted by Crippen LogP contribution is -2.48. The Balaban J connectivity index is 2.63. The summed E-state index contributed by atoms with van der Waals surface area (Å²) >= 11 is 0. The van der Waals surface area contributed by atoms with E-state index in [4.69, 9.17) is 10.8 Å². The van der Waals surface area contributed by atoms with Gasteiger partial charge in [-0.3, -0.25) is 19.2 Å². The Labute approximate surface area is 133 Å². The Morgan fingerprint density at radius 2 is 1.78 bits per heavy atom. The van der Waals surface area contributed by atoms with Crippen molar-refractivity contribution in [3.05, 3.63) is 35.9 Å². The minimum Gasteiger partial charge on any atom is -0.480 e. The number of carbonyl (C=O) groups is 4. The number of nitrogens with one attached hydrogen (secondary N) is 2. The molecule has 0 fully saturated rings. The van der Waals surface area contributed by atoms with Crippen LogP contribution in [0.1, 0.15) is 18.4 Å². The van der Waals surface area contributed by atoms with Crippen molar-refractivity contribution >= 4 is 23.7 Å². The number of amides is 3. The highest BCUT2D eigenvalue weighted by atomic mass is 16.4. The third-order valence-corrected chi connectivity index (χ3v) is 2.95. The number of rotatable bonds is 9. The van der Waals surface area contributed by atoms with Crippen molar-refractivity contribution in [1.82, 2.24) is 10.6 Å². The van der Waals surface area contributed by atoms with E-state index in [1.807, 2.05) is 6.07 Å². The highest BCUT2D eigenvalue weighted by Gasteiger charge is 2.21. The van der Waals surface area contributed by atoms with E-state index in [0.29, 0.717) is 0 Å². The maximum absolute atomic E-state index is 12.0. The number of carbonyl (C=O) groups excluding carboxylic acids is 3. The van der Waals surface area contributed by atoms with Crippen LogP contribution in [0.2, 0.25) is 0 Å². The van der Waals surface area contributed by atoms with Crippen molar-refractivity contribution < 1.29 is 24.3 Å². The first kappa shape index (κ1) is 18.1. The standard InChI is InChI=1S/C15H19N3O5/c16-12(19)7-6-11(15(23)17-9-14(21)22)18-13(20)8-10-4-2-1-3-5-10/h1-5,11H,6-9H2,(H2,16,19)(H,17,23)(H,18,20)(H,21,22). The van der Waals surface area contributed by atoms with Crippen molar-refractivity contribution in [2.45, 2.75) is 25.3 Å². The van der Waals surface area contributed by atoms with Gasteiger partial charge in [0.15, 0.2) is 0 Å². The molecule has 0 bridgehead atoms. The van der Waals surface area contributed by atoms with E-state index in [0.717, 1.165) is 5.56 Å². The molecular weight excluding hydrogens is 302 g/mol. The maximum Gasteiger partial charge on any atom is 0.322 e. The molecule has 8 heteroatoms. The lowest BCUT2D eigenvalue weighted by Gasteiger charge is -2.17. The number of benzene rings is 1. The molecule has 0 saturated carbocycles. The van der Waals surface area contributed by atoms with E-state index in [-0.39, 0.29) is 19.3 Å². The molecule has 1 unspecified atom stereocenters. The Morgan fingerprint density at radius 1 is 1.13 bits per heavy atom. The van der Waals surface area contributed by atoms with Gasteiger partial charge in [-0.1, -0.05) is 30.3 Å². The van der Waals surface area contributed by atoms with Gasteiger partial charge < -0.3 is 21.5 Å². The summed E-state index contributed by atoms with van der Waals surface area (Å²) in [7, 11) is 0. The monoisotopic (exact) mass is 321 g/mol. The van der Waals surface area contributed by atoms with Crippen molar-refractivity contribution in [3.8, 4) is 0 Å². The second-order valence-electron chi connectivity index (χ2n) is 4.90. The minimum absolute atomic E-state index is 0.00130. The largest absolute Gasteiger partial charge is 0.480 e. The summed E-state index contributed by atoms with van der Waals surface area (Å²) in [6, 6.07) is 7.90. The normalized spacial score (nSPS) is 11.3. The molecule has 8 nitrogen and oxygen atoms in total. The van der Waals surface area contributed by atoms with Crippen molar-refractivity contribution in [3.63, 3.8) is 0 Å². The van der Waals surface area contributed by atoms with E-state index in [1.54, 1.807) is 24.3 Å². The molecule has 1 rings (SSSR count). The molecule has 0 spiro atoms. The fraction of sp³-hybridized carbons (Fsp3) is 0.333. The molecule has 0 aromatic heterocycles. The van der Waals surface area contributed by atoms with Gasteiger partial charge in [0, 0.05) is 6.42 Å². The summed E-state index contributed by atoms with van der Waals surface area (Å²) < 4.78 is 0. The first-order chi connectivity index (χ1) is 10.9. The lowest BCUT2D eigenvalue weighted by molar-refractivity contribution is -0.138. The molecule has 0 saturated heterocycles. The first-order valence-electron chi connectivity index (χ1n) is 6.99. The number of carboxylic acid groups (broad SMARTS) is 1. The van der Waals surface area contributed by atoms with Crippen LogP contribution in [0, 0.1) is 0 Å². The van der Waals surface area contributed by atoms with E-state index in [9.17, 15) is 19.2 Å². The van der Waals surface area contributed by atoms with E-state index in [2.05, 4.69) is 10.6 Å². The second-order valence-corrected chi connectivity index (χ2v) is 4.90. The third kappa shape index (κ3) is 7.60. The Hall–Kier alpha value is -2.90. The maximum atomic E-state index is 12.0. The average Bonchev–Trinajstić information content (AvgIpc) is 2.49. The SMILES string of the molecule is NC(=O)CCC(NC(=O)Cc1ccccc1)C(=O)NCC(=O)O. The predicted molar refractivity (Wildman–Crippen MR) is 81.2 cm³/mol. The first-order valence-corrected chi connectivity index (χ1v) is 6.99. The summed E-state index contributed by atoms with van der Waals surface area (Å²) in [5, 5.41) is 13.2. The highest BCUT2D eigenvalue weighted by molar-refractivity contribution is 5.90. The molecule has 1 aromatic carbocycles. The van der Waals surface area contributed by atoms with E-state index < -0.39 is 36.3 Å². The predicted octanol–water partition coefficient (Wildman–Crippen LogP) is -0.820. The summed E-state index contributed by atoms with van der Waals surface area (Å²) in [6.45, 7) is -0.569. The topological polar surface area (TPSA) is 139 Å². The zero-order chi connectivity index (χ0) is 17.2. The van der Waals surface area contributed by atoms with Crippen LogP contribution in [-0.4, -0.2) is 41.4 Å². The Morgan fingerprint density at radius 3 is 2.35 bits per heavy atom. The van der Waals surface area contributed by atoms with Crippen LogP contribution in [0.25, 0.3) is 0 Å². The molecule has 0 aliphatic rings. The van der Waals surface area contributed by atoms with Gasteiger partial charge in [0.2, 0.25) is 17.7 Å². The van der Waals surface area contributed by atoms with E-state index in [1.165, 1.54) is 0 Å². The van der Waals surface area contributed by atoms with Crippen LogP contribution in [0.3, 0.4) is 0 Å². The molecule has 0 aliphatic heterocycles. The number of nitrogens with two attached hydrogens (primary N) is 1. The van der Waals surface area contributed by atoms with Gasteiger partial charge >= 0.3 is 5.97 Å². The molecule has 124 valence electrons. The van der Waals surface area contributed by atoms with Crippen molar-refractivity contribution in [2.75, 3.05) is 6.54 Å². The van der Waals surface area contributed by atoms with Gasteiger partial charge in [-0.15, -0.1) is 0 Å². The molecule has 0 heterocycles. The molecule has 0 aliphatic carbocycles. The van der Waals surface area contributed by atoms with Crippen LogP contribution in [-0.2, 0) is 25.6 Å². The molecule has 1 atom stereocenters. The van der Waals surface area contributed by atoms with Crippen LogP contribution in [0.15, 0.2) is 30.3 Å². The smallest absolute Gasteiger partial charge is 0.322 e. The second kappa shape index (κ2) is 9.19. The fourth-order valence-corrected chi connectivity index (χ4v) is 1.87. The van der Waals surface area contributed by atoms with Gasteiger partial charge in [0.1, 0.15) is 12.6 Å². The van der Waals surface area contributed by atoms with Crippen LogP contribution < -0.4 is 16.4 Å². The third-order valence-electron chi connectivity index (χ3n) is 2.95. The van der Waals surface area contributed by atoms with Crippen LogP contribution in [0.5, 0.6) is 0 Å². The zero-order valence-electron chi connectivity index (χ0n) is 12.5. The van der Waals surface area contributed by atoms with E-state index >= 15 is 0 Å². The van der Waals surface area contributed by atoms with Crippen molar-refractivity contribution in [1.29, 1.82) is 0 Å². The molecule has 5 N–H and O–H groups in total. The average molecular weight is 321 g/mol. The number of carboxylic acids is 1. The van der Waals surface area contributed by atoms with Gasteiger partial charge in [0.05, 0.1) is 6.42 Å². The number of primary amides is 1. The number of hydrogen-bond donors (Lipinski definition) is 4. The van der Waals surface area contributed by atoms with Crippen molar-refractivity contribution in [2.24, 2.45) is 5.73 Å². The zero-order valence-corrected chi connectivity index (χ0v) is 12.5. The highest BCUT2D eigenvalue weighted by Crippen LogP contribution is 2.02. The van der Waals surface area contributed by atoms with Crippen LogP contribution >= 0.6 is 0 Å². The summed E-state index contributed by atoms with van der Waals surface area (Å²) in [6.07, 6.45) is -0.0296. The van der Waals surface area contributed by atoms with Crippen LogP contribution in [0.4, 0.5) is 0 Å². The molecule has 1 aromatic rings. The molecule has 3 amide bonds. The van der Waals surface area contributed by atoms with Gasteiger partial charge in [-0.05, 0) is 12.0 Å². The molecular formula is C15H19N3O5. The molecule has 0 radical (unpaired) electrons. The summed E-state index contributed by atoms with van der Waals surface area (Å²) in [5.74, 6) is -2.90. The minimum atomic E-state index is -1.21.